The first-order valence-electron chi connectivity index (χ1n) is 10.6. The van der Waals surface area contributed by atoms with Crippen molar-refractivity contribution in [2.45, 2.75) is 31.6 Å². The molecule has 0 spiro atoms. The van der Waals surface area contributed by atoms with Crippen LogP contribution in [-0.4, -0.2) is 38.4 Å². The van der Waals surface area contributed by atoms with Crippen molar-refractivity contribution in [3.63, 3.8) is 0 Å². The van der Waals surface area contributed by atoms with Crippen molar-refractivity contribution in [1.82, 2.24) is 4.40 Å². The second kappa shape index (κ2) is 8.64. The zero-order chi connectivity index (χ0) is 25.7. The molecule has 0 amide bonds. The molecule has 0 saturated heterocycles. The topological polar surface area (TPSA) is 146 Å². The number of fused-ring (bicyclic) bond motifs is 2. The molecular weight excluding hydrogens is 499 g/mol. The third-order valence-electron chi connectivity index (χ3n) is 5.41. The molecule has 1 aromatic carbocycles. The number of rotatable bonds is 6. The molecule has 0 fully saturated rings. The van der Waals surface area contributed by atoms with Gasteiger partial charge < -0.3 is 10.4 Å². The van der Waals surface area contributed by atoms with E-state index in [2.05, 4.69) is 14.4 Å². The highest BCUT2D eigenvalue weighted by Crippen LogP contribution is 2.33. The van der Waals surface area contributed by atoms with Crippen LogP contribution in [0.2, 0.25) is 0 Å². The van der Waals surface area contributed by atoms with E-state index in [0.29, 0.717) is 18.4 Å². The predicted octanol–water partition coefficient (Wildman–Crippen LogP) is 2.67. The Hall–Kier alpha value is -3.45. The Balaban J connectivity index is 1.91. The minimum atomic E-state index is -4.39. The Kier molecular flexibility index (Phi) is 6.09. The van der Waals surface area contributed by atoms with Crippen molar-refractivity contribution < 1.29 is 26.3 Å². The molecule has 0 bridgehead atoms. The number of aryl methyl sites for hydroxylation is 1. The van der Waals surface area contributed by atoms with E-state index >= 15 is 0 Å². The van der Waals surface area contributed by atoms with Gasteiger partial charge in [0.25, 0.3) is 10.0 Å². The number of aromatic hydroxyl groups is 1. The molecule has 10 nitrogen and oxygen atoms in total. The molecule has 35 heavy (non-hydrogen) atoms. The lowest BCUT2D eigenvalue weighted by molar-refractivity contribution is 0.440. The number of amidine groups is 1. The normalized spacial score (nSPS) is 14.9. The summed E-state index contributed by atoms with van der Waals surface area (Å²) in [5.74, 6) is -1.51. The molecular formula is C22H23FN4O6S2. The van der Waals surface area contributed by atoms with Gasteiger partial charge in [-0.25, -0.2) is 12.8 Å². The summed E-state index contributed by atoms with van der Waals surface area (Å²) >= 11 is 0. The summed E-state index contributed by atoms with van der Waals surface area (Å²) in [6.45, 7) is 3.95. The van der Waals surface area contributed by atoms with Gasteiger partial charge in [0, 0.05) is 17.4 Å². The van der Waals surface area contributed by atoms with Crippen molar-refractivity contribution >= 4 is 42.8 Å². The average Bonchev–Trinajstić information content (AvgIpc) is 2.73. The second-order valence-electron chi connectivity index (χ2n) is 8.67. The van der Waals surface area contributed by atoms with E-state index in [-0.39, 0.29) is 27.8 Å². The molecule has 13 heteroatoms. The zero-order valence-corrected chi connectivity index (χ0v) is 20.7. The first kappa shape index (κ1) is 24.7. The van der Waals surface area contributed by atoms with Crippen LogP contribution in [-0.2, 0) is 26.5 Å². The van der Waals surface area contributed by atoms with E-state index in [1.807, 2.05) is 13.8 Å². The molecule has 0 aliphatic carbocycles. The minimum Gasteiger partial charge on any atom is -0.494 e. The maximum atomic E-state index is 14.0. The van der Waals surface area contributed by atoms with E-state index < -0.39 is 48.6 Å². The SMILES string of the molecule is CC(C)CCc1c(=O)c(C2=NS(=O)(=O)c3cc(NS(C)(=O)=O)ccc3N2)c(O)n2cc(F)ccc12. The maximum Gasteiger partial charge on any atom is 0.286 e. The summed E-state index contributed by atoms with van der Waals surface area (Å²) in [7, 11) is -8.05. The lowest BCUT2D eigenvalue weighted by atomic mass is 9.99. The fourth-order valence-electron chi connectivity index (χ4n) is 3.82. The van der Waals surface area contributed by atoms with Gasteiger partial charge in [-0.1, -0.05) is 13.8 Å². The van der Waals surface area contributed by atoms with Crippen LogP contribution in [0.1, 0.15) is 31.4 Å². The Labute approximate surface area is 201 Å². The summed E-state index contributed by atoms with van der Waals surface area (Å²) < 4.78 is 69.9. The fourth-order valence-corrected chi connectivity index (χ4v) is 5.52. The standard InChI is InChI=1S/C22H23FN4O6S2/c1-12(2)4-7-15-17-9-5-13(23)11-27(17)22(29)19(20(15)28)21-24-16-8-6-14(25-34(3,30)31)10-18(16)35(32,33)26-21/h5-6,8-12,25,29H,4,7H2,1-3H3,(H,24,26). The molecule has 3 aromatic rings. The number of benzene rings is 1. The van der Waals surface area contributed by atoms with Gasteiger partial charge in [-0.3, -0.25) is 13.9 Å². The summed E-state index contributed by atoms with van der Waals surface area (Å²) in [5, 5.41) is 13.6. The number of hydrogen-bond donors (Lipinski definition) is 3. The number of sulfonamides is 2. The Morgan fingerprint density at radius 2 is 1.94 bits per heavy atom. The minimum absolute atomic E-state index is 0.00958. The van der Waals surface area contributed by atoms with E-state index in [1.165, 1.54) is 24.3 Å². The Morgan fingerprint density at radius 3 is 2.60 bits per heavy atom. The van der Waals surface area contributed by atoms with Crippen molar-refractivity contribution in [2.24, 2.45) is 10.3 Å². The number of pyridine rings is 2. The summed E-state index contributed by atoms with van der Waals surface area (Å²) in [5.41, 5.74) is -0.424. The molecule has 2 aromatic heterocycles. The van der Waals surface area contributed by atoms with E-state index in [4.69, 9.17) is 0 Å². The van der Waals surface area contributed by atoms with Crippen LogP contribution in [0.15, 0.2) is 50.6 Å². The molecule has 3 N–H and O–H groups in total. The molecule has 0 unspecified atom stereocenters. The number of nitrogens with one attached hydrogen (secondary N) is 2. The Morgan fingerprint density at radius 1 is 1.23 bits per heavy atom. The number of nitrogens with zero attached hydrogens (tertiary/aromatic N) is 2. The molecule has 3 heterocycles. The van der Waals surface area contributed by atoms with Gasteiger partial charge in [0.1, 0.15) is 16.3 Å². The average molecular weight is 523 g/mol. The van der Waals surface area contributed by atoms with Crippen molar-refractivity contribution in [2.75, 3.05) is 16.3 Å². The third-order valence-corrected chi connectivity index (χ3v) is 7.33. The number of halogens is 1. The van der Waals surface area contributed by atoms with Crippen LogP contribution in [0.4, 0.5) is 15.8 Å². The van der Waals surface area contributed by atoms with Gasteiger partial charge in [-0.15, -0.1) is 4.40 Å². The van der Waals surface area contributed by atoms with Crippen LogP contribution in [0.3, 0.4) is 0 Å². The monoisotopic (exact) mass is 522 g/mol. The number of aromatic nitrogens is 1. The highest BCUT2D eigenvalue weighted by atomic mass is 32.2. The molecule has 0 radical (unpaired) electrons. The van der Waals surface area contributed by atoms with Gasteiger partial charge in [0.15, 0.2) is 11.3 Å². The van der Waals surface area contributed by atoms with Crippen molar-refractivity contribution in [3.05, 3.63) is 63.7 Å². The fraction of sp³-hybridized carbons (Fsp3) is 0.273. The zero-order valence-electron chi connectivity index (χ0n) is 19.0. The summed E-state index contributed by atoms with van der Waals surface area (Å²) in [4.78, 5) is 13.2. The van der Waals surface area contributed by atoms with Gasteiger partial charge in [0.05, 0.1) is 17.5 Å². The molecule has 0 atom stereocenters. The quantitative estimate of drug-likeness (QED) is 0.451. The predicted molar refractivity (Wildman–Crippen MR) is 131 cm³/mol. The third kappa shape index (κ3) is 4.86. The summed E-state index contributed by atoms with van der Waals surface area (Å²) in [6, 6.07) is 6.29. The molecule has 1 aliphatic heterocycles. The van der Waals surface area contributed by atoms with Gasteiger partial charge >= 0.3 is 0 Å². The molecule has 1 aliphatic rings. The highest BCUT2D eigenvalue weighted by molar-refractivity contribution is 7.92. The van der Waals surface area contributed by atoms with Crippen LogP contribution < -0.4 is 15.5 Å². The van der Waals surface area contributed by atoms with Crippen LogP contribution in [0.25, 0.3) is 5.52 Å². The first-order chi connectivity index (χ1) is 16.3. The lowest BCUT2D eigenvalue weighted by Gasteiger charge is -2.21. The highest BCUT2D eigenvalue weighted by Gasteiger charge is 2.30. The van der Waals surface area contributed by atoms with Crippen LogP contribution >= 0.6 is 0 Å². The maximum absolute atomic E-state index is 14.0. The molecule has 0 saturated carbocycles. The van der Waals surface area contributed by atoms with Gasteiger partial charge in [-0.2, -0.15) is 8.42 Å². The smallest absolute Gasteiger partial charge is 0.286 e. The largest absolute Gasteiger partial charge is 0.494 e. The number of hydrogen-bond acceptors (Lipinski definition) is 7. The van der Waals surface area contributed by atoms with E-state index in [1.54, 1.807) is 0 Å². The number of anilines is 2. The summed E-state index contributed by atoms with van der Waals surface area (Å²) in [6.07, 6.45) is 2.87. The molecule has 4 rings (SSSR count). The van der Waals surface area contributed by atoms with Crippen LogP contribution in [0, 0.1) is 11.7 Å². The van der Waals surface area contributed by atoms with Crippen molar-refractivity contribution in [1.29, 1.82) is 0 Å². The van der Waals surface area contributed by atoms with E-state index in [0.717, 1.165) is 22.9 Å². The first-order valence-corrected chi connectivity index (χ1v) is 13.9. The lowest BCUT2D eigenvalue weighted by Crippen LogP contribution is -2.30. The second-order valence-corrected chi connectivity index (χ2v) is 12.0. The molecule has 186 valence electrons. The van der Waals surface area contributed by atoms with E-state index in [9.17, 15) is 31.1 Å². The van der Waals surface area contributed by atoms with Crippen molar-refractivity contribution in [3.8, 4) is 5.88 Å². The Bertz CT molecular complexity index is 1660. The van der Waals surface area contributed by atoms with Crippen LogP contribution in [0.5, 0.6) is 5.88 Å². The van der Waals surface area contributed by atoms with Gasteiger partial charge in [0.2, 0.25) is 15.9 Å². The van der Waals surface area contributed by atoms with Gasteiger partial charge in [-0.05, 0) is 49.1 Å².